The van der Waals surface area contributed by atoms with E-state index in [1.807, 2.05) is 12.1 Å². The van der Waals surface area contributed by atoms with E-state index in [9.17, 15) is 0 Å². The summed E-state index contributed by atoms with van der Waals surface area (Å²) >= 11 is 0. The van der Waals surface area contributed by atoms with Crippen molar-refractivity contribution in [3.63, 3.8) is 0 Å². The van der Waals surface area contributed by atoms with Gasteiger partial charge in [-0.3, -0.25) is 0 Å². The molecule has 0 amide bonds. The number of fused-ring (bicyclic) bond motifs is 1. The molecule has 0 aliphatic heterocycles. The van der Waals surface area contributed by atoms with Crippen molar-refractivity contribution in [2.45, 2.75) is 26.4 Å². The van der Waals surface area contributed by atoms with Gasteiger partial charge in [0.1, 0.15) is 18.0 Å². The standard InChI is InChI=1S/C12H14O2/c1-8(2)9-3-4-12-10(5-9)6-11(7-13)14-12/h3-6,8,13H,7H2,1-2H3. The number of hydrogen-bond donors (Lipinski definition) is 1. The van der Waals surface area contributed by atoms with E-state index < -0.39 is 0 Å². The average molecular weight is 190 g/mol. The van der Waals surface area contributed by atoms with Crippen molar-refractivity contribution in [3.8, 4) is 0 Å². The lowest BCUT2D eigenvalue weighted by Gasteiger charge is -2.03. The fourth-order valence-corrected chi connectivity index (χ4v) is 1.55. The third-order valence-electron chi connectivity index (χ3n) is 2.41. The Labute approximate surface area is 83.2 Å². The van der Waals surface area contributed by atoms with Crippen LogP contribution in [0.15, 0.2) is 28.7 Å². The topological polar surface area (TPSA) is 33.4 Å². The second kappa shape index (κ2) is 3.46. The molecule has 1 aromatic heterocycles. The van der Waals surface area contributed by atoms with E-state index in [4.69, 9.17) is 9.52 Å². The van der Waals surface area contributed by atoms with Gasteiger partial charge in [-0.25, -0.2) is 0 Å². The summed E-state index contributed by atoms with van der Waals surface area (Å²) in [5.74, 6) is 1.15. The Morgan fingerprint density at radius 1 is 1.29 bits per heavy atom. The van der Waals surface area contributed by atoms with Gasteiger partial charge in [0, 0.05) is 5.39 Å². The lowest BCUT2D eigenvalue weighted by molar-refractivity contribution is 0.251. The van der Waals surface area contributed by atoms with Crippen molar-refractivity contribution < 1.29 is 9.52 Å². The van der Waals surface area contributed by atoms with Crippen LogP contribution in [0.4, 0.5) is 0 Å². The van der Waals surface area contributed by atoms with Crippen molar-refractivity contribution >= 4 is 11.0 Å². The molecule has 0 unspecified atom stereocenters. The number of rotatable bonds is 2. The second-order valence-corrected chi connectivity index (χ2v) is 3.82. The molecular weight excluding hydrogens is 176 g/mol. The molecule has 2 heteroatoms. The minimum Gasteiger partial charge on any atom is -0.459 e. The van der Waals surface area contributed by atoms with Crippen molar-refractivity contribution in [1.82, 2.24) is 0 Å². The summed E-state index contributed by atoms with van der Waals surface area (Å²) in [6.07, 6.45) is 0. The van der Waals surface area contributed by atoms with Crippen LogP contribution in [0.25, 0.3) is 11.0 Å². The highest BCUT2D eigenvalue weighted by Gasteiger charge is 2.05. The second-order valence-electron chi connectivity index (χ2n) is 3.82. The smallest absolute Gasteiger partial charge is 0.134 e. The maximum absolute atomic E-state index is 8.92. The fraction of sp³-hybridized carbons (Fsp3) is 0.333. The molecule has 0 spiro atoms. The number of hydrogen-bond acceptors (Lipinski definition) is 2. The minimum absolute atomic E-state index is 0.0360. The average Bonchev–Trinajstić information content (AvgIpc) is 2.58. The van der Waals surface area contributed by atoms with Crippen LogP contribution in [0, 0.1) is 0 Å². The van der Waals surface area contributed by atoms with Gasteiger partial charge in [-0.2, -0.15) is 0 Å². The van der Waals surface area contributed by atoms with E-state index in [1.165, 1.54) is 5.56 Å². The normalized spacial score (nSPS) is 11.4. The van der Waals surface area contributed by atoms with Crippen molar-refractivity contribution in [2.75, 3.05) is 0 Å². The maximum Gasteiger partial charge on any atom is 0.134 e. The zero-order valence-corrected chi connectivity index (χ0v) is 8.45. The molecule has 0 aliphatic rings. The van der Waals surface area contributed by atoms with Crippen LogP contribution in [0.1, 0.15) is 31.1 Å². The molecular formula is C12H14O2. The largest absolute Gasteiger partial charge is 0.459 e. The summed E-state index contributed by atoms with van der Waals surface area (Å²) < 4.78 is 5.40. The Kier molecular flexibility index (Phi) is 2.30. The number of furan rings is 1. The molecule has 0 radical (unpaired) electrons. The first-order chi connectivity index (χ1) is 6.70. The van der Waals surface area contributed by atoms with Gasteiger partial charge in [0.25, 0.3) is 0 Å². The van der Waals surface area contributed by atoms with Gasteiger partial charge < -0.3 is 9.52 Å². The monoisotopic (exact) mass is 190 g/mol. The van der Waals surface area contributed by atoms with Crippen molar-refractivity contribution in [2.24, 2.45) is 0 Å². The summed E-state index contributed by atoms with van der Waals surface area (Å²) in [7, 11) is 0. The first-order valence-electron chi connectivity index (χ1n) is 4.84. The maximum atomic E-state index is 8.92. The fourth-order valence-electron chi connectivity index (χ4n) is 1.55. The van der Waals surface area contributed by atoms with Crippen LogP contribution in [0.2, 0.25) is 0 Å². The molecule has 2 rings (SSSR count). The molecule has 74 valence electrons. The van der Waals surface area contributed by atoms with Crippen molar-refractivity contribution in [1.29, 1.82) is 0 Å². The Morgan fingerprint density at radius 2 is 2.07 bits per heavy atom. The van der Waals surface area contributed by atoms with E-state index >= 15 is 0 Å². The number of benzene rings is 1. The Hall–Kier alpha value is -1.28. The van der Waals surface area contributed by atoms with Crippen LogP contribution in [-0.4, -0.2) is 5.11 Å². The highest BCUT2D eigenvalue weighted by atomic mass is 16.4. The van der Waals surface area contributed by atoms with Gasteiger partial charge in [-0.05, 0) is 29.7 Å². The Bertz CT molecular complexity index is 441. The Balaban J connectivity index is 2.54. The third-order valence-corrected chi connectivity index (χ3v) is 2.41. The first-order valence-corrected chi connectivity index (χ1v) is 4.84. The molecule has 0 fully saturated rings. The lowest BCUT2D eigenvalue weighted by Crippen LogP contribution is -1.84. The quantitative estimate of drug-likeness (QED) is 0.789. The van der Waals surface area contributed by atoms with Gasteiger partial charge in [0.2, 0.25) is 0 Å². The molecule has 0 saturated carbocycles. The van der Waals surface area contributed by atoms with Gasteiger partial charge >= 0.3 is 0 Å². The van der Waals surface area contributed by atoms with Gasteiger partial charge in [-0.1, -0.05) is 19.9 Å². The molecule has 1 N–H and O–H groups in total. The molecule has 0 atom stereocenters. The number of aliphatic hydroxyl groups is 1. The van der Waals surface area contributed by atoms with Crippen molar-refractivity contribution in [3.05, 3.63) is 35.6 Å². The summed E-state index contributed by atoms with van der Waals surface area (Å²) in [6, 6.07) is 8.03. The van der Waals surface area contributed by atoms with E-state index in [1.54, 1.807) is 0 Å². The lowest BCUT2D eigenvalue weighted by atomic mass is 10.0. The van der Waals surface area contributed by atoms with Gasteiger partial charge in [0.15, 0.2) is 0 Å². The molecule has 1 heterocycles. The summed E-state index contributed by atoms with van der Waals surface area (Å²) in [5.41, 5.74) is 2.14. The van der Waals surface area contributed by atoms with Crippen LogP contribution < -0.4 is 0 Å². The van der Waals surface area contributed by atoms with Crippen LogP contribution in [0.3, 0.4) is 0 Å². The molecule has 14 heavy (non-hydrogen) atoms. The zero-order valence-electron chi connectivity index (χ0n) is 8.45. The SMILES string of the molecule is CC(C)c1ccc2oc(CO)cc2c1. The molecule has 0 saturated heterocycles. The molecule has 1 aromatic carbocycles. The van der Waals surface area contributed by atoms with E-state index in [0.29, 0.717) is 11.7 Å². The highest BCUT2D eigenvalue weighted by molar-refractivity contribution is 5.78. The predicted molar refractivity (Wildman–Crippen MR) is 56.2 cm³/mol. The van der Waals surface area contributed by atoms with Crippen LogP contribution in [0.5, 0.6) is 0 Å². The van der Waals surface area contributed by atoms with E-state index in [-0.39, 0.29) is 6.61 Å². The van der Waals surface area contributed by atoms with E-state index in [0.717, 1.165) is 11.0 Å². The first kappa shape index (κ1) is 9.28. The molecule has 2 nitrogen and oxygen atoms in total. The minimum atomic E-state index is -0.0360. The van der Waals surface area contributed by atoms with Crippen LogP contribution >= 0.6 is 0 Å². The van der Waals surface area contributed by atoms with Gasteiger partial charge in [0.05, 0.1) is 0 Å². The molecule has 0 bridgehead atoms. The Morgan fingerprint density at radius 3 is 2.71 bits per heavy atom. The number of aliphatic hydroxyl groups excluding tert-OH is 1. The summed E-state index contributed by atoms with van der Waals surface area (Å²) in [5, 5.41) is 9.99. The summed E-state index contributed by atoms with van der Waals surface area (Å²) in [6.45, 7) is 4.29. The zero-order chi connectivity index (χ0) is 10.1. The molecule has 0 aliphatic carbocycles. The van der Waals surface area contributed by atoms with Gasteiger partial charge in [-0.15, -0.1) is 0 Å². The van der Waals surface area contributed by atoms with E-state index in [2.05, 4.69) is 26.0 Å². The predicted octanol–water partition coefficient (Wildman–Crippen LogP) is 3.05. The van der Waals surface area contributed by atoms with Crippen LogP contribution in [-0.2, 0) is 6.61 Å². The summed E-state index contributed by atoms with van der Waals surface area (Å²) in [4.78, 5) is 0. The third kappa shape index (κ3) is 1.53. The molecule has 2 aromatic rings. The highest BCUT2D eigenvalue weighted by Crippen LogP contribution is 2.24.